The molecule has 0 saturated carbocycles. The largest absolute Gasteiger partial charge is 0.480 e. The summed E-state index contributed by atoms with van der Waals surface area (Å²) in [5, 5.41) is 11.4. The van der Waals surface area contributed by atoms with Gasteiger partial charge in [0.05, 0.1) is 0 Å². The van der Waals surface area contributed by atoms with E-state index in [1.807, 2.05) is 36.5 Å². The van der Waals surface area contributed by atoms with Crippen molar-refractivity contribution < 1.29 is 14.7 Å². The molecule has 0 unspecified atom stereocenters. The van der Waals surface area contributed by atoms with Gasteiger partial charge in [0.15, 0.2) is 0 Å². The second-order valence-electron chi connectivity index (χ2n) is 3.99. The molecule has 1 rings (SSSR count). The number of carboxylic acids is 1. The van der Waals surface area contributed by atoms with Crippen LogP contribution in [0, 0.1) is 5.92 Å². The predicted molar refractivity (Wildman–Crippen MR) is 65.4 cm³/mol. The highest BCUT2D eigenvalue weighted by Crippen LogP contribution is 2.14. The van der Waals surface area contributed by atoms with Crippen molar-refractivity contribution in [1.29, 1.82) is 0 Å². The molecule has 0 aliphatic heterocycles. The lowest BCUT2D eigenvalue weighted by Gasteiger charge is -2.14. The summed E-state index contributed by atoms with van der Waals surface area (Å²) in [4.78, 5) is 21.8. The van der Waals surface area contributed by atoms with Crippen molar-refractivity contribution in [3.05, 3.63) is 36.5 Å². The molecule has 4 heteroatoms. The van der Waals surface area contributed by atoms with E-state index >= 15 is 0 Å². The maximum Gasteiger partial charge on any atom is 0.326 e. The fourth-order valence-corrected chi connectivity index (χ4v) is 1.66. The SMILES string of the molecule is CC(=O)N[C@@H](CCC1C=CC=CC=C1)C(=O)O. The van der Waals surface area contributed by atoms with Crippen LogP contribution in [-0.4, -0.2) is 23.0 Å². The average molecular weight is 235 g/mol. The van der Waals surface area contributed by atoms with E-state index in [0.717, 1.165) is 0 Å². The monoisotopic (exact) mass is 235 g/mol. The lowest BCUT2D eigenvalue weighted by Crippen LogP contribution is -2.39. The number of rotatable bonds is 5. The van der Waals surface area contributed by atoms with Crippen molar-refractivity contribution in [1.82, 2.24) is 5.32 Å². The van der Waals surface area contributed by atoms with E-state index in [1.165, 1.54) is 6.92 Å². The standard InChI is InChI=1S/C13H17NO3/c1-10(15)14-12(13(16)17)9-8-11-6-4-2-3-5-7-11/h2-7,11-12H,8-9H2,1H3,(H,14,15)(H,16,17)/t12-/m0/s1. The molecular formula is C13H17NO3. The molecule has 0 radical (unpaired) electrons. The summed E-state index contributed by atoms with van der Waals surface area (Å²) in [7, 11) is 0. The zero-order valence-corrected chi connectivity index (χ0v) is 9.80. The van der Waals surface area contributed by atoms with Crippen LogP contribution in [0.25, 0.3) is 0 Å². The van der Waals surface area contributed by atoms with E-state index in [0.29, 0.717) is 12.8 Å². The maximum absolute atomic E-state index is 10.9. The van der Waals surface area contributed by atoms with E-state index < -0.39 is 12.0 Å². The lowest BCUT2D eigenvalue weighted by atomic mass is 9.99. The summed E-state index contributed by atoms with van der Waals surface area (Å²) in [6, 6.07) is -0.800. The average Bonchev–Trinajstić information content (AvgIpc) is 2.51. The summed E-state index contributed by atoms with van der Waals surface area (Å²) in [5.41, 5.74) is 0. The lowest BCUT2D eigenvalue weighted by molar-refractivity contribution is -0.141. The first-order chi connectivity index (χ1) is 8.09. The van der Waals surface area contributed by atoms with Crippen LogP contribution in [0.2, 0.25) is 0 Å². The van der Waals surface area contributed by atoms with Gasteiger partial charge in [-0.1, -0.05) is 36.5 Å². The molecule has 2 N–H and O–H groups in total. The van der Waals surface area contributed by atoms with E-state index in [9.17, 15) is 9.59 Å². The van der Waals surface area contributed by atoms with Gasteiger partial charge in [-0.25, -0.2) is 4.79 Å². The minimum Gasteiger partial charge on any atom is -0.480 e. The topological polar surface area (TPSA) is 66.4 Å². The van der Waals surface area contributed by atoms with E-state index in [4.69, 9.17) is 5.11 Å². The Hall–Kier alpha value is -1.84. The Morgan fingerprint density at radius 3 is 2.29 bits per heavy atom. The fraction of sp³-hybridized carbons (Fsp3) is 0.385. The molecule has 0 spiro atoms. The quantitative estimate of drug-likeness (QED) is 0.761. The molecule has 0 bridgehead atoms. The van der Waals surface area contributed by atoms with Crippen molar-refractivity contribution in [2.75, 3.05) is 0 Å². The predicted octanol–water partition coefficient (Wildman–Crippen LogP) is 1.65. The number of amides is 1. The Kier molecular flexibility index (Phi) is 5.20. The summed E-state index contributed by atoms with van der Waals surface area (Å²) in [6.45, 7) is 1.32. The van der Waals surface area contributed by atoms with Crippen LogP contribution in [0.15, 0.2) is 36.5 Å². The highest BCUT2D eigenvalue weighted by Gasteiger charge is 2.18. The first-order valence-electron chi connectivity index (χ1n) is 5.61. The number of carbonyl (C=O) groups excluding carboxylic acids is 1. The van der Waals surface area contributed by atoms with Gasteiger partial charge < -0.3 is 10.4 Å². The van der Waals surface area contributed by atoms with Crippen LogP contribution in [0.4, 0.5) is 0 Å². The molecule has 92 valence electrons. The summed E-state index contributed by atoms with van der Waals surface area (Å²) in [6.07, 6.45) is 12.9. The summed E-state index contributed by atoms with van der Waals surface area (Å²) in [5.74, 6) is -1.08. The smallest absolute Gasteiger partial charge is 0.326 e. The van der Waals surface area contributed by atoms with Crippen LogP contribution < -0.4 is 5.32 Å². The Morgan fingerprint density at radius 1 is 1.24 bits per heavy atom. The molecular weight excluding hydrogens is 218 g/mol. The van der Waals surface area contributed by atoms with Gasteiger partial charge in [0.25, 0.3) is 0 Å². The number of hydrogen-bond acceptors (Lipinski definition) is 2. The third kappa shape index (κ3) is 5.15. The first kappa shape index (κ1) is 13.2. The van der Waals surface area contributed by atoms with Gasteiger partial charge in [0.2, 0.25) is 5.91 Å². The number of hydrogen-bond donors (Lipinski definition) is 2. The Labute approximate surface area is 101 Å². The first-order valence-corrected chi connectivity index (χ1v) is 5.61. The Bertz CT molecular complexity index is 353. The Balaban J connectivity index is 2.46. The molecule has 0 saturated heterocycles. The molecule has 0 heterocycles. The van der Waals surface area contributed by atoms with E-state index in [-0.39, 0.29) is 11.8 Å². The van der Waals surface area contributed by atoms with Crippen LogP contribution in [0.1, 0.15) is 19.8 Å². The van der Waals surface area contributed by atoms with Crippen LogP contribution in [-0.2, 0) is 9.59 Å². The minimum absolute atomic E-state index is 0.223. The summed E-state index contributed by atoms with van der Waals surface area (Å²) >= 11 is 0. The van der Waals surface area contributed by atoms with Crippen molar-refractivity contribution >= 4 is 11.9 Å². The molecule has 1 aliphatic rings. The van der Waals surface area contributed by atoms with Crippen molar-refractivity contribution in [2.45, 2.75) is 25.8 Å². The highest BCUT2D eigenvalue weighted by atomic mass is 16.4. The van der Waals surface area contributed by atoms with Gasteiger partial charge in [0, 0.05) is 6.92 Å². The maximum atomic E-state index is 10.9. The zero-order valence-electron chi connectivity index (χ0n) is 9.80. The van der Waals surface area contributed by atoms with Gasteiger partial charge in [-0.3, -0.25) is 4.79 Å². The molecule has 1 aliphatic carbocycles. The summed E-state index contributed by atoms with van der Waals surface area (Å²) < 4.78 is 0. The molecule has 0 aromatic rings. The second kappa shape index (κ2) is 6.68. The molecule has 17 heavy (non-hydrogen) atoms. The molecule has 1 atom stereocenters. The Morgan fingerprint density at radius 2 is 1.82 bits per heavy atom. The number of carbonyl (C=O) groups is 2. The van der Waals surface area contributed by atoms with Crippen molar-refractivity contribution in [2.24, 2.45) is 5.92 Å². The fourth-order valence-electron chi connectivity index (χ4n) is 1.66. The zero-order chi connectivity index (χ0) is 12.7. The van der Waals surface area contributed by atoms with Gasteiger partial charge in [-0.15, -0.1) is 0 Å². The van der Waals surface area contributed by atoms with Gasteiger partial charge in [-0.2, -0.15) is 0 Å². The van der Waals surface area contributed by atoms with E-state index in [2.05, 4.69) is 5.32 Å². The molecule has 0 fully saturated rings. The minimum atomic E-state index is -0.986. The number of nitrogens with one attached hydrogen (secondary N) is 1. The van der Waals surface area contributed by atoms with Crippen LogP contribution >= 0.6 is 0 Å². The van der Waals surface area contributed by atoms with Crippen molar-refractivity contribution in [3.63, 3.8) is 0 Å². The van der Waals surface area contributed by atoms with Crippen molar-refractivity contribution in [3.8, 4) is 0 Å². The van der Waals surface area contributed by atoms with E-state index in [1.54, 1.807) is 0 Å². The van der Waals surface area contributed by atoms with Gasteiger partial charge in [-0.05, 0) is 18.8 Å². The third-order valence-electron chi connectivity index (χ3n) is 2.51. The van der Waals surface area contributed by atoms with Gasteiger partial charge >= 0.3 is 5.97 Å². The molecule has 0 aromatic carbocycles. The molecule has 0 aromatic heterocycles. The van der Waals surface area contributed by atoms with Crippen LogP contribution in [0.5, 0.6) is 0 Å². The number of aliphatic carboxylic acids is 1. The second-order valence-corrected chi connectivity index (χ2v) is 3.99. The number of carboxylic acid groups (broad SMARTS) is 1. The van der Waals surface area contributed by atoms with Gasteiger partial charge in [0.1, 0.15) is 6.04 Å². The van der Waals surface area contributed by atoms with Crippen LogP contribution in [0.3, 0.4) is 0 Å². The highest BCUT2D eigenvalue weighted by molar-refractivity contribution is 5.81. The normalized spacial score (nSPS) is 16.5. The molecule has 1 amide bonds. The third-order valence-corrected chi connectivity index (χ3v) is 2.51. The molecule has 4 nitrogen and oxygen atoms in total. The number of allylic oxidation sites excluding steroid dienone is 6.